The molecule has 0 saturated heterocycles. The van der Waals surface area contributed by atoms with Crippen LogP contribution in [0, 0.1) is 12.7 Å². The number of halogens is 1. The highest BCUT2D eigenvalue weighted by Crippen LogP contribution is 2.24. The van der Waals surface area contributed by atoms with Crippen molar-refractivity contribution in [1.29, 1.82) is 0 Å². The number of hydrogen-bond acceptors (Lipinski definition) is 5. The van der Waals surface area contributed by atoms with E-state index in [0.717, 1.165) is 0 Å². The summed E-state index contributed by atoms with van der Waals surface area (Å²) in [6.07, 6.45) is 1.40. The SMILES string of the molecule is Cc1c(COc2ccc(F)cc2)cnc(C(=O)CO)c1O. The number of aromatic hydroxyl groups is 1. The van der Waals surface area contributed by atoms with Crippen LogP contribution in [0.15, 0.2) is 30.5 Å². The summed E-state index contributed by atoms with van der Waals surface area (Å²) in [7, 11) is 0. The van der Waals surface area contributed by atoms with Crippen LogP contribution in [-0.4, -0.2) is 27.6 Å². The summed E-state index contributed by atoms with van der Waals surface area (Å²) in [5, 5.41) is 18.7. The third kappa shape index (κ3) is 3.35. The molecule has 1 aromatic carbocycles. The lowest BCUT2D eigenvalue weighted by molar-refractivity contribution is 0.0895. The van der Waals surface area contributed by atoms with Crippen LogP contribution in [0.1, 0.15) is 21.6 Å². The first-order chi connectivity index (χ1) is 10.0. The fourth-order valence-electron chi connectivity index (χ4n) is 1.75. The number of aliphatic hydroxyl groups is 1. The first-order valence-corrected chi connectivity index (χ1v) is 6.22. The van der Waals surface area contributed by atoms with Gasteiger partial charge in [-0.2, -0.15) is 0 Å². The lowest BCUT2D eigenvalue weighted by atomic mass is 10.1. The number of hydrogen-bond donors (Lipinski definition) is 2. The molecule has 0 radical (unpaired) electrons. The second kappa shape index (κ2) is 6.32. The molecular weight excluding hydrogens is 277 g/mol. The monoisotopic (exact) mass is 291 g/mol. The number of aromatic nitrogens is 1. The van der Waals surface area contributed by atoms with Crippen LogP contribution in [0.3, 0.4) is 0 Å². The number of nitrogens with zero attached hydrogens (tertiary/aromatic N) is 1. The predicted molar refractivity (Wildman–Crippen MR) is 72.8 cm³/mol. The normalized spacial score (nSPS) is 10.4. The Balaban J connectivity index is 2.16. The van der Waals surface area contributed by atoms with E-state index < -0.39 is 12.4 Å². The molecule has 21 heavy (non-hydrogen) atoms. The zero-order chi connectivity index (χ0) is 15.4. The van der Waals surface area contributed by atoms with Gasteiger partial charge in [0.25, 0.3) is 0 Å². The maximum atomic E-state index is 12.8. The minimum absolute atomic E-state index is 0.117. The van der Waals surface area contributed by atoms with Crippen molar-refractivity contribution in [1.82, 2.24) is 4.98 Å². The van der Waals surface area contributed by atoms with Crippen molar-refractivity contribution >= 4 is 5.78 Å². The van der Waals surface area contributed by atoms with Crippen LogP contribution in [0.2, 0.25) is 0 Å². The molecule has 5 nitrogen and oxygen atoms in total. The van der Waals surface area contributed by atoms with E-state index in [0.29, 0.717) is 16.9 Å². The van der Waals surface area contributed by atoms with Gasteiger partial charge in [-0.15, -0.1) is 0 Å². The van der Waals surface area contributed by atoms with Crippen molar-refractivity contribution in [3.63, 3.8) is 0 Å². The van der Waals surface area contributed by atoms with Crippen LogP contribution in [0.25, 0.3) is 0 Å². The molecule has 0 spiro atoms. The van der Waals surface area contributed by atoms with Gasteiger partial charge in [-0.25, -0.2) is 9.37 Å². The number of carbonyl (C=O) groups excluding carboxylic acids is 1. The number of carbonyl (C=O) groups is 1. The van der Waals surface area contributed by atoms with Crippen molar-refractivity contribution in [3.05, 3.63) is 53.1 Å². The Morgan fingerprint density at radius 3 is 2.62 bits per heavy atom. The Morgan fingerprint density at radius 2 is 2.00 bits per heavy atom. The van der Waals surface area contributed by atoms with Gasteiger partial charge in [0.2, 0.25) is 5.78 Å². The van der Waals surface area contributed by atoms with E-state index in [2.05, 4.69) is 4.98 Å². The molecule has 1 aromatic heterocycles. The lowest BCUT2D eigenvalue weighted by Gasteiger charge is -2.11. The Kier molecular flexibility index (Phi) is 4.49. The van der Waals surface area contributed by atoms with E-state index in [-0.39, 0.29) is 23.9 Å². The van der Waals surface area contributed by atoms with E-state index in [4.69, 9.17) is 9.84 Å². The van der Waals surface area contributed by atoms with Crippen molar-refractivity contribution in [3.8, 4) is 11.5 Å². The highest BCUT2D eigenvalue weighted by Gasteiger charge is 2.16. The third-order valence-electron chi connectivity index (χ3n) is 3.03. The van der Waals surface area contributed by atoms with Gasteiger partial charge in [0, 0.05) is 17.3 Å². The second-order valence-electron chi connectivity index (χ2n) is 4.43. The zero-order valence-electron chi connectivity index (χ0n) is 11.3. The highest BCUT2D eigenvalue weighted by atomic mass is 19.1. The molecule has 0 aliphatic carbocycles. The largest absolute Gasteiger partial charge is 0.505 e. The maximum absolute atomic E-state index is 12.8. The fourth-order valence-corrected chi connectivity index (χ4v) is 1.75. The summed E-state index contributed by atoms with van der Waals surface area (Å²) in [5.41, 5.74) is 0.871. The average molecular weight is 291 g/mol. The van der Waals surface area contributed by atoms with E-state index in [9.17, 15) is 14.3 Å². The zero-order valence-corrected chi connectivity index (χ0v) is 11.3. The van der Waals surface area contributed by atoms with Crippen LogP contribution >= 0.6 is 0 Å². The van der Waals surface area contributed by atoms with Gasteiger partial charge in [-0.05, 0) is 31.2 Å². The van der Waals surface area contributed by atoms with Crippen molar-refractivity contribution in [2.45, 2.75) is 13.5 Å². The topological polar surface area (TPSA) is 79.7 Å². The predicted octanol–water partition coefficient (Wildman–Crippen LogP) is 1.99. The van der Waals surface area contributed by atoms with Crippen molar-refractivity contribution < 1.29 is 24.1 Å². The fraction of sp³-hybridized carbons (Fsp3) is 0.200. The molecule has 0 unspecified atom stereocenters. The molecule has 2 rings (SSSR count). The third-order valence-corrected chi connectivity index (χ3v) is 3.03. The minimum Gasteiger partial charge on any atom is -0.505 e. The number of pyridine rings is 1. The van der Waals surface area contributed by atoms with Gasteiger partial charge >= 0.3 is 0 Å². The Labute approximate surface area is 120 Å². The average Bonchev–Trinajstić information content (AvgIpc) is 2.49. The summed E-state index contributed by atoms with van der Waals surface area (Å²) >= 11 is 0. The summed E-state index contributed by atoms with van der Waals surface area (Å²) in [6.45, 7) is 1.02. The summed E-state index contributed by atoms with van der Waals surface area (Å²) < 4.78 is 18.2. The Bertz CT molecular complexity index is 655. The van der Waals surface area contributed by atoms with Crippen LogP contribution in [0.4, 0.5) is 4.39 Å². The van der Waals surface area contributed by atoms with Crippen molar-refractivity contribution in [2.75, 3.05) is 6.61 Å². The minimum atomic E-state index is -0.717. The lowest BCUT2D eigenvalue weighted by Crippen LogP contribution is -2.09. The first-order valence-electron chi connectivity index (χ1n) is 6.22. The standard InChI is InChI=1S/C15H14FNO4/c1-9-10(6-17-14(15(9)20)13(19)7-18)8-21-12-4-2-11(16)3-5-12/h2-6,18,20H,7-8H2,1H3. The van der Waals surface area contributed by atoms with E-state index >= 15 is 0 Å². The van der Waals surface area contributed by atoms with Gasteiger partial charge < -0.3 is 14.9 Å². The molecule has 110 valence electrons. The second-order valence-corrected chi connectivity index (χ2v) is 4.43. The summed E-state index contributed by atoms with van der Waals surface area (Å²) in [6, 6.07) is 5.53. The number of aliphatic hydroxyl groups excluding tert-OH is 1. The molecule has 2 aromatic rings. The molecule has 0 aliphatic heterocycles. The molecule has 1 heterocycles. The molecule has 2 N–H and O–H groups in total. The smallest absolute Gasteiger partial charge is 0.210 e. The number of rotatable bonds is 5. The van der Waals surface area contributed by atoms with Crippen molar-refractivity contribution in [2.24, 2.45) is 0 Å². The van der Waals surface area contributed by atoms with E-state index in [1.807, 2.05) is 0 Å². The molecule has 0 aliphatic rings. The summed E-state index contributed by atoms with van der Waals surface area (Å²) in [4.78, 5) is 15.2. The van der Waals surface area contributed by atoms with Crippen LogP contribution < -0.4 is 4.74 Å². The molecule has 0 bridgehead atoms. The maximum Gasteiger partial charge on any atom is 0.210 e. The first kappa shape index (κ1) is 14.9. The van der Waals surface area contributed by atoms with E-state index in [1.54, 1.807) is 6.92 Å². The molecule has 0 fully saturated rings. The Hall–Kier alpha value is -2.47. The van der Waals surface area contributed by atoms with Crippen LogP contribution in [-0.2, 0) is 6.61 Å². The summed E-state index contributed by atoms with van der Waals surface area (Å²) in [5.74, 6) is -0.800. The number of Topliss-reactive ketones (excluding diaryl/α,β-unsaturated/α-hetero) is 1. The molecule has 0 amide bonds. The number of benzene rings is 1. The molecule has 0 saturated carbocycles. The van der Waals surface area contributed by atoms with E-state index in [1.165, 1.54) is 30.5 Å². The number of ketones is 1. The Morgan fingerprint density at radius 1 is 1.33 bits per heavy atom. The molecule has 6 heteroatoms. The van der Waals surface area contributed by atoms with Crippen LogP contribution in [0.5, 0.6) is 11.5 Å². The van der Waals surface area contributed by atoms with Gasteiger partial charge in [0.1, 0.15) is 30.5 Å². The van der Waals surface area contributed by atoms with Gasteiger partial charge in [0.05, 0.1) is 0 Å². The quantitative estimate of drug-likeness (QED) is 0.824. The number of ether oxygens (including phenoxy) is 1. The molecule has 0 atom stereocenters. The molecular formula is C15H14FNO4. The highest BCUT2D eigenvalue weighted by molar-refractivity contribution is 5.97. The van der Waals surface area contributed by atoms with Gasteiger partial charge in [0.15, 0.2) is 5.69 Å². The van der Waals surface area contributed by atoms with Gasteiger partial charge in [-0.3, -0.25) is 4.79 Å². The van der Waals surface area contributed by atoms with Gasteiger partial charge in [-0.1, -0.05) is 0 Å².